The third-order valence-electron chi connectivity index (χ3n) is 3.51. The zero-order valence-electron chi connectivity index (χ0n) is 13.0. The van der Waals surface area contributed by atoms with E-state index in [9.17, 15) is 0 Å². The molecule has 0 spiro atoms. The number of nitrogens with zero attached hydrogens (tertiary/aromatic N) is 3. The van der Waals surface area contributed by atoms with Crippen LogP contribution in [0.5, 0.6) is 0 Å². The number of hydrogen-bond acceptors (Lipinski definition) is 7. The number of rotatable bonds is 8. The van der Waals surface area contributed by atoms with Crippen molar-refractivity contribution < 1.29 is 23.7 Å². The van der Waals surface area contributed by atoms with Crippen LogP contribution in [0.1, 0.15) is 13.8 Å². The van der Waals surface area contributed by atoms with Crippen molar-refractivity contribution in [2.45, 2.75) is 44.0 Å². The predicted octanol–water partition coefficient (Wildman–Crippen LogP) is 0.576. The average molecular weight is 316 g/mol. The molecular weight excluding hydrogens is 292 g/mol. The number of fused-ring (bicyclic) bond motifs is 1. The Kier molecular flexibility index (Phi) is 6.39. The summed E-state index contributed by atoms with van der Waals surface area (Å²) in [5.74, 6) is -0.650. The lowest BCUT2D eigenvalue weighted by molar-refractivity contribution is -0.160. The molecule has 2 rings (SSSR count). The Bertz CT molecular complexity index is 402. The Morgan fingerprint density at radius 1 is 1.23 bits per heavy atom. The minimum absolute atomic E-state index is 0.169. The molecule has 9 heteroatoms. The van der Waals surface area contributed by atoms with E-state index < -0.39 is 5.79 Å². The van der Waals surface area contributed by atoms with E-state index in [1.54, 1.807) is 0 Å². The van der Waals surface area contributed by atoms with Crippen LogP contribution in [-0.2, 0) is 23.7 Å². The van der Waals surface area contributed by atoms with E-state index >= 15 is 0 Å². The Morgan fingerprint density at radius 2 is 1.95 bits per heavy atom. The molecule has 0 amide bonds. The minimum atomic E-state index is -0.650. The summed E-state index contributed by atoms with van der Waals surface area (Å²) >= 11 is 0. The molecule has 2 N–H and O–H groups in total. The number of hydrogen-bond donors (Lipinski definition) is 1. The second-order valence-corrected chi connectivity index (χ2v) is 5.74. The summed E-state index contributed by atoms with van der Waals surface area (Å²) in [6.07, 6.45) is -0.586. The lowest BCUT2D eigenvalue weighted by Gasteiger charge is -2.35. The van der Waals surface area contributed by atoms with E-state index in [4.69, 9.17) is 34.9 Å². The van der Waals surface area contributed by atoms with Crippen LogP contribution >= 0.6 is 0 Å². The topological polar surface area (TPSA) is 121 Å². The first-order valence-corrected chi connectivity index (χ1v) is 7.42. The molecule has 0 aliphatic carbocycles. The second kappa shape index (κ2) is 8.07. The normalized spacial score (nSPS) is 33.2. The third-order valence-corrected chi connectivity index (χ3v) is 3.51. The largest absolute Gasteiger partial charge is 0.379 e. The van der Waals surface area contributed by atoms with Crippen LogP contribution in [0.15, 0.2) is 5.11 Å². The molecule has 0 bridgehead atoms. The SMILES string of the molecule is CC1(C)O[C@@H]2[C@H](O1)[C@@H](N)CO[C@@H]2COCCOCCN=[N+]=[N-]. The average Bonchev–Trinajstić information content (AvgIpc) is 2.80. The van der Waals surface area contributed by atoms with Gasteiger partial charge in [0.1, 0.15) is 18.3 Å². The van der Waals surface area contributed by atoms with E-state index in [1.807, 2.05) is 13.8 Å². The zero-order valence-corrected chi connectivity index (χ0v) is 13.0. The van der Waals surface area contributed by atoms with E-state index in [0.29, 0.717) is 39.6 Å². The van der Waals surface area contributed by atoms with E-state index in [2.05, 4.69) is 10.0 Å². The first-order valence-electron chi connectivity index (χ1n) is 7.42. The van der Waals surface area contributed by atoms with Crippen molar-refractivity contribution >= 4 is 0 Å². The molecule has 0 aromatic heterocycles. The van der Waals surface area contributed by atoms with Crippen molar-refractivity contribution in [1.82, 2.24) is 0 Å². The van der Waals surface area contributed by atoms with Crippen LogP contribution < -0.4 is 5.73 Å². The second-order valence-electron chi connectivity index (χ2n) is 5.74. The maximum absolute atomic E-state index is 8.11. The van der Waals surface area contributed by atoms with Gasteiger partial charge in [0.05, 0.1) is 39.1 Å². The highest BCUT2D eigenvalue weighted by Gasteiger charge is 2.50. The van der Waals surface area contributed by atoms with Gasteiger partial charge in [-0.15, -0.1) is 0 Å². The van der Waals surface area contributed by atoms with Gasteiger partial charge in [0.2, 0.25) is 0 Å². The summed E-state index contributed by atoms with van der Waals surface area (Å²) in [4.78, 5) is 2.64. The zero-order chi connectivity index (χ0) is 16.0. The van der Waals surface area contributed by atoms with Crippen LogP contribution in [0.2, 0.25) is 0 Å². The quantitative estimate of drug-likeness (QED) is 0.302. The lowest BCUT2D eigenvalue weighted by Crippen LogP contribution is -2.56. The summed E-state index contributed by atoms with van der Waals surface area (Å²) in [6, 6.07) is -0.188. The van der Waals surface area contributed by atoms with Gasteiger partial charge in [0.15, 0.2) is 5.79 Å². The number of nitrogens with two attached hydrogens (primary N) is 1. The van der Waals surface area contributed by atoms with Crippen LogP contribution in [-0.4, -0.2) is 69.7 Å². The van der Waals surface area contributed by atoms with Crippen molar-refractivity contribution in [2.24, 2.45) is 10.8 Å². The first-order chi connectivity index (χ1) is 10.5. The molecule has 2 aliphatic heterocycles. The highest BCUT2D eigenvalue weighted by molar-refractivity contribution is 4.96. The Morgan fingerprint density at radius 3 is 2.73 bits per heavy atom. The van der Waals surface area contributed by atoms with E-state index in [-0.39, 0.29) is 24.4 Å². The molecule has 2 aliphatic rings. The van der Waals surface area contributed by atoms with Gasteiger partial charge in [-0.3, -0.25) is 0 Å². The summed E-state index contributed by atoms with van der Waals surface area (Å²) < 4.78 is 28.2. The van der Waals surface area contributed by atoms with Crippen molar-refractivity contribution in [3.63, 3.8) is 0 Å². The smallest absolute Gasteiger partial charge is 0.163 e. The van der Waals surface area contributed by atoms with Crippen LogP contribution in [0, 0.1) is 0 Å². The number of ether oxygens (including phenoxy) is 5. The van der Waals surface area contributed by atoms with Crippen LogP contribution in [0.4, 0.5) is 0 Å². The number of azide groups is 1. The first kappa shape index (κ1) is 17.4. The summed E-state index contributed by atoms with van der Waals surface area (Å²) in [5, 5.41) is 3.37. The standard InChI is InChI=1S/C13H24N4O5/c1-13(2)21-11-9(14)7-20-10(12(11)22-13)8-19-6-5-18-4-3-16-17-15/h9-12H,3-8,14H2,1-2H3/t9-,10+,11+,12-/m0/s1. The molecule has 0 unspecified atom stereocenters. The van der Waals surface area contributed by atoms with Gasteiger partial charge in [-0.1, -0.05) is 5.11 Å². The fourth-order valence-electron chi connectivity index (χ4n) is 2.57. The van der Waals surface area contributed by atoms with E-state index in [0.717, 1.165) is 0 Å². The molecule has 2 saturated heterocycles. The molecule has 2 heterocycles. The van der Waals surface area contributed by atoms with Gasteiger partial charge in [0.25, 0.3) is 0 Å². The fraction of sp³-hybridized carbons (Fsp3) is 1.00. The lowest BCUT2D eigenvalue weighted by atomic mass is 9.99. The van der Waals surface area contributed by atoms with Gasteiger partial charge in [-0.2, -0.15) is 0 Å². The molecule has 126 valence electrons. The fourth-order valence-corrected chi connectivity index (χ4v) is 2.57. The minimum Gasteiger partial charge on any atom is -0.379 e. The Hall–Kier alpha value is -0.930. The van der Waals surface area contributed by atoms with Gasteiger partial charge in [0, 0.05) is 11.5 Å². The molecule has 22 heavy (non-hydrogen) atoms. The monoisotopic (exact) mass is 316 g/mol. The van der Waals surface area contributed by atoms with Crippen molar-refractivity contribution in [1.29, 1.82) is 0 Å². The summed E-state index contributed by atoms with van der Waals surface area (Å²) in [5.41, 5.74) is 14.1. The molecule has 4 atom stereocenters. The van der Waals surface area contributed by atoms with Crippen LogP contribution in [0.25, 0.3) is 10.4 Å². The van der Waals surface area contributed by atoms with E-state index in [1.165, 1.54) is 0 Å². The maximum atomic E-state index is 8.11. The van der Waals surface area contributed by atoms with Gasteiger partial charge >= 0.3 is 0 Å². The molecule has 0 aromatic rings. The molecule has 2 fully saturated rings. The van der Waals surface area contributed by atoms with Crippen molar-refractivity contribution in [2.75, 3.05) is 39.6 Å². The summed E-state index contributed by atoms with van der Waals surface area (Å²) in [7, 11) is 0. The Labute approximate surface area is 129 Å². The van der Waals surface area contributed by atoms with Gasteiger partial charge in [-0.25, -0.2) is 0 Å². The van der Waals surface area contributed by atoms with Crippen molar-refractivity contribution in [3.05, 3.63) is 10.4 Å². The van der Waals surface area contributed by atoms with Crippen molar-refractivity contribution in [3.8, 4) is 0 Å². The highest BCUT2D eigenvalue weighted by atomic mass is 16.8. The summed E-state index contributed by atoms with van der Waals surface area (Å²) in [6.45, 7) is 6.14. The molecule has 0 saturated carbocycles. The Balaban J connectivity index is 1.66. The third kappa shape index (κ3) is 4.79. The molecule has 0 radical (unpaired) electrons. The predicted molar refractivity (Wildman–Crippen MR) is 77.2 cm³/mol. The highest BCUT2D eigenvalue weighted by Crippen LogP contribution is 2.34. The van der Waals surface area contributed by atoms with Gasteiger partial charge in [-0.05, 0) is 19.4 Å². The van der Waals surface area contributed by atoms with Crippen LogP contribution in [0.3, 0.4) is 0 Å². The molecular formula is C13H24N4O5. The molecule has 9 nitrogen and oxygen atoms in total. The molecule has 0 aromatic carbocycles. The maximum Gasteiger partial charge on any atom is 0.163 e. The van der Waals surface area contributed by atoms with Gasteiger partial charge < -0.3 is 29.4 Å².